The molecular weight excluding hydrogens is 200 g/mol. The lowest BCUT2D eigenvalue weighted by molar-refractivity contribution is -0.127. The van der Waals surface area contributed by atoms with E-state index in [-0.39, 0.29) is 18.3 Å². The molecule has 2 N–H and O–H groups in total. The Labute approximate surface area is 91.4 Å². The van der Waals surface area contributed by atoms with Crippen molar-refractivity contribution < 1.29 is 4.79 Å². The molecule has 1 atom stereocenters. The summed E-state index contributed by atoms with van der Waals surface area (Å²) in [6.45, 7) is 1.94. The van der Waals surface area contributed by atoms with E-state index in [1.165, 1.54) is 19.3 Å². The molecule has 1 amide bonds. The van der Waals surface area contributed by atoms with Gasteiger partial charge in [0, 0.05) is 18.5 Å². The van der Waals surface area contributed by atoms with E-state index < -0.39 is 0 Å². The van der Waals surface area contributed by atoms with Crippen LogP contribution in [0, 0.1) is 5.92 Å². The van der Waals surface area contributed by atoms with Crippen molar-refractivity contribution in [1.29, 1.82) is 0 Å². The van der Waals surface area contributed by atoms with Gasteiger partial charge < -0.3 is 10.6 Å². The Morgan fingerprint density at radius 2 is 2.07 bits per heavy atom. The average Bonchev–Trinajstić information content (AvgIpc) is 2.49. The molecule has 0 aromatic carbocycles. The van der Waals surface area contributed by atoms with Crippen LogP contribution in [0.4, 0.5) is 0 Å². The monoisotopic (exact) mass is 218 g/mol. The molecule has 1 aliphatic heterocycles. The highest BCUT2D eigenvalue weighted by atomic mass is 35.5. The van der Waals surface area contributed by atoms with E-state index in [0.29, 0.717) is 12.0 Å². The van der Waals surface area contributed by atoms with Crippen molar-refractivity contribution in [3.05, 3.63) is 0 Å². The van der Waals surface area contributed by atoms with Crippen molar-refractivity contribution in [2.45, 2.75) is 38.1 Å². The molecule has 2 rings (SSSR count). The summed E-state index contributed by atoms with van der Waals surface area (Å²) in [5, 5.41) is 6.40. The normalized spacial score (nSPS) is 26.4. The topological polar surface area (TPSA) is 41.1 Å². The summed E-state index contributed by atoms with van der Waals surface area (Å²) in [4.78, 5) is 11.4. The van der Waals surface area contributed by atoms with Crippen LogP contribution in [-0.2, 0) is 4.79 Å². The van der Waals surface area contributed by atoms with Crippen molar-refractivity contribution >= 4 is 18.3 Å². The molecule has 1 saturated carbocycles. The first-order valence-corrected chi connectivity index (χ1v) is 5.37. The molecular formula is C10H19ClN2O. The van der Waals surface area contributed by atoms with Crippen LogP contribution in [0.5, 0.6) is 0 Å². The van der Waals surface area contributed by atoms with Gasteiger partial charge in [0.25, 0.3) is 0 Å². The van der Waals surface area contributed by atoms with E-state index in [4.69, 9.17) is 0 Å². The van der Waals surface area contributed by atoms with Crippen molar-refractivity contribution in [1.82, 2.24) is 10.6 Å². The van der Waals surface area contributed by atoms with Gasteiger partial charge in [0.1, 0.15) is 0 Å². The number of hydrogen-bond donors (Lipinski definition) is 2. The van der Waals surface area contributed by atoms with Crippen LogP contribution in [0.15, 0.2) is 0 Å². The Bertz CT molecular complexity index is 189. The number of carbonyl (C=O) groups is 1. The Hall–Kier alpha value is -0.280. The van der Waals surface area contributed by atoms with Gasteiger partial charge in [-0.2, -0.15) is 0 Å². The van der Waals surface area contributed by atoms with E-state index in [0.717, 1.165) is 25.9 Å². The highest BCUT2D eigenvalue weighted by Gasteiger charge is 2.25. The predicted octanol–water partition coefficient (Wildman–Crippen LogP) is 1.08. The second kappa shape index (κ2) is 5.56. The first-order valence-electron chi connectivity index (χ1n) is 5.37. The molecule has 0 aromatic heterocycles. The number of amides is 1. The molecule has 0 spiro atoms. The summed E-state index contributed by atoms with van der Waals surface area (Å²) >= 11 is 0. The van der Waals surface area contributed by atoms with Gasteiger partial charge in [0.2, 0.25) is 5.91 Å². The largest absolute Gasteiger partial charge is 0.354 e. The van der Waals surface area contributed by atoms with Crippen molar-refractivity contribution in [2.24, 2.45) is 5.92 Å². The van der Waals surface area contributed by atoms with Crippen molar-refractivity contribution in [3.63, 3.8) is 0 Å². The molecule has 1 saturated heterocycles. The maximum Gasteiger partial charge on any atom is 0.223 e. The zero-order valence-electron chi connectivity index (χ0n) is 8.42. The van der Waals surface area contributed by atoms with E-state index in [1.54, 1.807) is 0 Å². The smallest absolute Gasteiger partial charge is 0.223 e. The summed E-state index contributed by atoms with van der Waals surface area (Å²) in [6, 6.07) is 0.532. The van der Waals surface area contributed by atoms with Crippen LogP contribution in [-0.4, -0.2) is 25.0 Å². The number of hydrogen-bond acceptors (Lipinski definition) is 2. The molecule has 0 radical (unpaired) electrons. The Morgan fingerprint density at radius 3 is 2.57 bits per heavy atom. The van der Waals surface area contributed by atoms with Gasteiger partial charge in [0.05, 0.1) is 0 Å². The Balaban J connectivity index is 0.000000980. The fourth-order valence-electron chi connectivity index (χ4n) is 1.97. The zero-order chi connectivity index (χ0) is 9.10. The summed E-state index contributed by atoms with van der Waals surface area (Å²) in [5.74, 6) is 0.612. The number of carbonyl (C=O) groups excluding carboxylic acids is 1. The molecule has 0 bridgehead atoms. The standard InChI is InChI=1S/C10H18N2O.ClH/c13-10(8-3-1-4-8)12-7-9-5-2-6-11-9;/h8-9,11H,1-7H2,(H,12,13);1H/t9-;/m1./s1. The SMILES string of the molecule is Cl.O=C(NC[C@H]1CCCN1)C1CCC1. The Morgan fingerprint density at radius 1 is 1.29 bits per heavy atom. The van der Waals surface area contributed by atoms with E-state index in [1.807, 2.05) is 0 Å². The fraction of sp³-hybridized carbons (Fsp3) is 0.900. The second-order valence-corrected chi connectivity index (χ2v) is 4.17. The summed E-state index contributed by atoms with van der Waals surface area (Å²) < 4.78 is 0. The second-order valence-electron chi connectivity index (χ2n) is 4.17. The van der Waals surface area contributed by atoms with Crippen LogP contribution >= 0.6 is 12.4 Å². The summed E-state index contributed by atoms with van der Waals surface area (Å²) in [7, 11) is 0. The van der Waals surface area contributed by atoms with Crippen LogP contribution in [0.25, 0.3) is 0 Å². The van der Waals surface area contributed by atoms with Gasteiger partial charge >= 0.3 is 0 Å². The van der Waals surface area contributed by atoms with Gasteiger partial charge in [-0.25, -0.2) is 0 Å². The molecule has 1 heterocycles. The summed E-state index contributed by atoms with van der Waals surface area (Å²) in [5.41, 5.74) is 0. The minimum atomic E-state index is 0. The van der Waals surface area contributed by atoms with Crippen LogP contribution in [0.3, 0.4) is 0 Å². The average molecular weight is 219 g/mol. The highest BCUT2D eigenvalue weighted by Crippen LogP contribution is 2.26. The third-order valence-electron chi connectivity index (χ3n) is 3.16. The van der Waals surface area contributed by atoms with E-state index in [9.17, 15) is 4.79 Å². The van der Waals surface area contributed by atoms with Crippen LogP contribution < -0.4 is 10.6 Å². The lowest BCUT2D eigenvalue weighted by Crippen LogP contribution is -2.41. The number of nitrogens with one attached hydrogen (secondary N) is 2. The first kappa shape index (κ1) is 11.8. The number of halogens is 1. The molecule has 3 nitrogen and oxygen atoms in total. The molecule has 2 aliphatic rings. The molecule has 0 aromatic rings. The van der Waals surface area contributed by atoms with Gasteiger partial charge in [-0.05, 0) is 32.2 Å². The fourth-order valence-corrected chi connectivity index (χ4v) is 1.97. The third-order valence-corrected chi connectivity index (χ3v) is 3.16. The minimum Gasteiger partial charge on any atom is -0.354 e. The predicted molar refractivity (Wildman–Crippen MR) is 58.6 cm³/mol. The van der Waals surface area contributed by atoms with Gasteiger partial charge in [-0.3, -0.25) is 4.79 Å². The van der Waals surface area contributed by atoms with Crippen molar-refractivity contribution in [3.8, 4) is 0 Å². The van der Waals surface area contributed by atoms with E-state index >= 15 is 0 Å². The maximum absolute atomic E-state index is 11.4. The molecule has 0 unspecified atom stereocenters. The molecule has 2 fully saturated rings. The molecule has 82 valence electrons. The van der Waals surface area contributed by atoms with E-state index in [2.05, 4.69) is 10.6 Å². The number of rotatable bonds is 3. The quantitative estimate of drug-likeness (QED) is 0.745. The first-order chi connectivity index (χ1) is 6.36. The van der Waals surface area contributed by atoms with Gasteiger partial charge in [-0.15, -0.1) is 12.4 Å². The minimum absolute atomic E-state index is 0. The molecule has 14 heavy (non-hydrogen) atoms. The zero-order valence-corrected chi connectivity index (χ0v) is 9.24. The lowest BCUT2D eigenvalue weighted by atomic mass is 9.85. The highest BCUT2D eigenvalue weighted by molar-refractivity contribution is 5.85. The summed E-state index contributed by atoms with van der Waals surface area (Å²) in [6.07, 6.45) is 5.91. The molecule has 1 aliphatic carbocycles. The van der Waals surface area contributed by atoms with Crippen LogP contribution in [0.2, 0.25) is 0 Å². The molecule has 4 heteroatoms. The van der Waals surface area contributed by atoms with Crippen molar-refractivity contribution in [2.75, 3.05) is 13.1 Å². The van der Waals surface area contributed by atoms with Gasteiger partial charge in [0.15, 0.2) is 0 Å². The lowest BCUT2D eigenvalue weighted by Gasteiger charge is -2.24. The maximum atomic E-state index is 11.4. The Kier molecular flexibility index (Phi) is 4.69. The van der Waals surface area contributed by atoms with Crippen LogP contribution in [0.1, 0.15) is 32.1 Å². The third kappa shape index (κ3) is 2.85. The van der Waals surface area contributed by atoms with Gasteiger partial charge in [-0.1, -0.05) is 6.42 Å².